The number of nitriles is 1. The predicted molar refractivity (Wildman–Crippen MR) is 54.2 cm³/mol. The maximum absolute atomic E-state index is 12.8. The number of sulfonamides is 1. The van der Waals surface area contributed by atoms with Gasteiger partial charge in [-0.3, -0.25) is 4.72 Å². The first-order valence-electron chi connectivity index (χ1n) is 4.18. The molecule has 15 heavy (non-hydrogen) atoms. The normalized spacial score (nSPS) is 10.7. The molecule has 1 aromatic carbocycles. The Balaban J connectivity index is 3.15. The van der Waals surface area contributed by atoms with Crippen molar-refractivity contribution in [3.8, 4) is 6.07 Å². The molecule has 0 saturated carbocycles. The van der Waals surface area contributed by atoms with Crippen LogP contribution in [0.1, 0.15) is 12.5 Å². The highest BCUT2D eigenvalue weighted by molar-refractivity contribution is 7.92. The average Bonchev–Trinajstić information content (AvgIpc) is 2.18. The summed E-state index contributed by atoms with van der Waals surface area (Å²) < 4.78 is 37.4. The first-order valence-corrected chi connectivity index (χ1v) is 5.84. The Hall–Kier alpha value is -1.61. The Kier molecular flexibility index (Phi) is 3.27. The zero-order chi connectivity index (χ0) is 11.5. The third kappa shape index (κ3) is 2.92. The summed E-state index contributed by atoms with van der Waals surface area (Å²) in [6.07, 6.45) is 0. The Bertz CT molecular complexity index is 505. The van der Waals surface area contributed by atoms with Crippen LogP contribution in [-0.2, 0) is 10.0 Å². The van der Waals surface area contributed by atoms with Crippen molar-refractivity contribution in [1.29, 1.82) is 5.26 Å². The number of benzene rings is 1. The van der Waals surface area contributed by atoms with Crippen LogP contribution in [0.3, 0.4) is 0 Å². The van der Waals surface area contributed by atoms with E-state index in [0.717, 1.165) is 12.1 Å². The molecule has 0 heterocycles. The quantitative estimate of drug-likeness (QED) is 0.851. The summed E-state index contributed by atoms with van der Waals surface area (Å²) in [4.78, 5) is 0. The molecule has 0 bridgehead atoms. The van der Waals surface area contributed by atoms with Gasteiger partial charge in [0.15, 0.2) is 0 Å². The van der Waals surface area contributed by atoms with Crippen LogP contribution in [0.5, 0.6) is 0 Å². The highest BCUT2D eigenvalue weighted by Crippen LogP contribution is 2.17. The van der Waals surface area contributed by atoms with E-state index >= 15 is 0 Å². The van der Waals surface area contributed by atoms with E-state index in [4.69, 9.17) is 5.26 Å². The van der Waals surface area contributed by atoms with E-state index in [-0.39, 0.29) is 17.0 Å². The summed E-state index contributed by atoms with van der Waals surface area (Å²) in [5, 5.41) is 8.67. The van der Waals surface area contributed by atoms with Crippen molar-refractivity contribution in [2.75, 3.05) is 10.5 Å². The largest absolute Gasteiger partial charge is 0.282 e. The number of halogens is 1. The molecule has 0 saturated heterocycles. The topological polar surface area (TPSA) is 70.0 Å². The summed E-state index contributed by atoms with van der Waals surface area (Å²) >= 11 is 0. The summed E-state index contributed by atoms with van der Waals surface area (Å²) in [5.74, 6) is -0.725. The third-order valence-corrected chi connectivity index (χ3v) is 3.04. The smallest absolute Gasteiger partial charge is 0.232 e. The maximum atomic E-state index is 12.8. The van der Waals surface area contributed by atoms with Crippen LogP contribution >= 0.6 is 0 Å². The molecule has 4 nitrogen and oxygen atoms in total. The SMILES string of the molecule is CCS(=O)(=O)Nc1cc(F)ccc1C#N. The Morgan fingerprint density at radius 3 is 2.73 bits per heavy atom. The zero-order valence-corrected chi connectivity index (χ0v) is 8.81. The van der Waals surface area contributed by atoms with Crippen molar-refractivity contribution in [1.82, 2.24) is 0 Å². The van der Waals surface area contributed by atoms with Crippen LogP contribution in [0, 0.1) is 17.1 Å². The lowest BCUT2D eigenvalue weighted by Gasteiger charge is -2.07. The minimum Gasteiger partial charge on any atom is -0.282 e. The average molecular weight is 228 g/mol. The van der Waals surface area contributed by atoms with Gasteiger partial charge in [-0.05, 0) is 25.1 Å². The number of nitrogens with zero attached hydrogens (tertiary/aromatic N) is 1. The lowest BCUT2D eigenvalue weighted by atomic mass is 10.2. The number of rotatable bonds is 3. The van der Waals surface area contributed by atoms with Gasteiger partial charge in [-0.15, -0.1) is 0 Å². The van der Waals surface area contributed by atoms with Crippen molar-refractivity contribution in [2.24, 2.45) is 0 Å². The van der Waals surface area contributed by atoms with Crippen molar-refractivity contribution >= 4 is 15.7 Å². The highest BCUT2D eigenvalue weighted by atomic mass is 32.2. The van der Waals surface area contributed by atoms with Gasteiger partial charge in [0.1, 0.15) is 11.9 Å². The fourth-order valence-electron chi connectivity index (χ4n) is 0.938. The first kappa shape index (κ1) is 11.5. The molecule has 0 radical (unpaired) electrons. The molecule has 0 aromatic heterocycles. The van der Waals surface area contributed by atoms with E-state index in [2.05, 4.69) is 4.72 Å². The minimum absolute atomic E-state index is 0.0284. The van der Waals surface area contributed by atoms with Gasteiger partial charge in [-0.1, -0.05) is 0 Å². The molecule has 0 unspecified atom stereocenters. The first-order chi connectivity index (χ1) is 6.98. The van der Waals surface area contributed by atoms with Crippen LogP contribution in [0.25, 0.3) is 0 Å². The summed E-state index contributed by atoms with van der Waals surface area (Å²) in [6.45, 7) is 1.45. The molecule has 6 heteroatoms. The Labute approximate surface area is 87.4 Å². The number of hydrogen-bond acceptors (Lipinski definition) is 3. The third-order valence-electron chi connectivity index (χ3n) is 1.75. The molecule has 0 amide bonds. The Morgan fingerprint density at radius 1 is 1.53 bits per heavy atom. The van der Waals surface area contributed by atoms with Crippen LogP contribution in [0.15, 0.2) is 18.2 Å². The van der Waals surface area contributed by atoms with Gasteiger partial charge in [0.05, 0.1) is 17.0 Å². The molecule has 0 aliphatic carbocycles. The molecule has 0 fully saturated rings. The molecule has 0 aliphatic rings. The fourth-order valence-corrected chi connectivity index (χ4v) is 1.59. The second kappa shape index (κ2) is 4.28. The Morgan fingerprint density at radius 2 is 2.20 bits per heavy atom. The van der Waals surface area contributed by atoms with Crippen molar-refractivity contribution < 1.29 is 12.8 Å². The molecule has 80 valence electrons. The van der Waals surface area contributed by atoms with E-state index in [9.17, 15) is 12.8 Å². The van der Waals surface area contributed by atoms with E-state index < -0.39 is 15.8 Å². The van der Waals surface area contributed by atoms with Crippen molar-refractivity contribution in [3.05, 3.63) is 29.6 Å². The molecule has 1 aromatic rings. The number of hydrogen-bond donors (Lipinski definition) is 1. The minimum atomic E-state index is -3.49. The molecular formula is C9H9FN2O2S. The molecule has 0 aliphatic heterocycles. The lowest BCUT2D eigenvalue weighted by molar-refractivity contribution is 0.602. The molecule has 1 N–H and O–H groups in total. The highest BCUT2D eigenvalue weighted by Gasteiger charge is 2.10. The van der Waals surface area contributed by atoms with Crippen LogP contribution in [-0.4, -0.2) is 14.2 Å². The second-order valence-corrected chi connectivity index (χ2v) is 4.82. The van der Waals surface area contributed by atoms with Gasteiger partial charge in [-0.2, -0.15) is 5.26 Å². The number of anilines is 1. The molecular weight excluding hydrogens is 219 g/mol. The summed E-state index contributed by atoms with van der Waals surface area (Å²) in [7, 11) is -3.49. The van der Waals surface area contributed by atoms with Gasteiger partial charge in [0, 0.05) is 0 Å². The van der Waals surface area contributed by atoms with Gasteiger partial charge >= 0.3 is 0 Å². The van der Waals surface area contributed by atoms with Gasteiger partial charge < -0.3 is 0 Å². The summed E-state index contributed by atoms with van der Waals surface area (Å²) in [5.41, 5.74) is 0.0628. The van der Waals surface area contributed by atoms with Crippen molar-refractivity contribution in [2.45, 2.75) is 6.92 Å². The van der Waals surface area contributed by atoms with Crippen molar-refractivity contribution in [3.63, 3.8) is 0 Å². The van der Waals surface area contributed by atoms with Gasteiger partial charge in [-0.25, -0.2) is 12.8 Å². The second-order valence-electron chi connectivity index (χ2n) is 2.81. The van der Waals surface area contributed by atoms with Gasteiger partial charge in [0.2, 0.25) is 10.0 Å². The van der Waals surface area contributed by atoms with Gasteiger partial charge in [0.25, 0.3) is 0 Å². The fraction of sp³-hybridized carbons (Fsp3) is 0.222. The number of nitrogens with one attached hydrogen (secondary N) is 1. The maximum Gasteiger partial charge on any atom is 0.232 e. The van der Waals surface area contributed by atoms with Crippen LogP contribution in [0.2, 0.25) is 0 Å². The van der Waals surface area contributed by atoms with E-state index in [1.165, 1.54) is 13.0 Å². The van der Waals surface area contributed by atoms with E-state index in [1.807, 2.05) is 0 Å². The van der Waals surface area contributed by atoms with E-state index in [1.54, 1.807) is 6.07 Å². The van der Waals surface area contributed by atoms with E-state index in [0.29, 0.717) is 0 Å². The molecule has 0 spiro atoms. The monoisotopic (exact) mass is 228 g/mol. The van der Waals surface area contributed by atoms with Crippen LogP contribution < -0.4 is 4.72 Å². The predicted octanol–water partition coefficient (Wildman–Crippen LogP) is 1.46. The van der Waals surface area contributed by atoms with Crippen LogP contribution in [0.4, 0.5) is 10.1 Å². The lowest BCUT2D eigenvalue weighted by Crippen LogP contribution is -2.15. The summed E-state index contributed by atoms with van der Waals surface area (Å²) in [6, 6.07) is 5.08. The molecule has 1 rings (SSSR count). The standard InChI is InChI=1S/C9H9FN2O2S/c1-2-15(13,14)12-9-5-8(10)4-3-7(9)6-11/h3-5,12H,2H2,1H3. The molecule has 0 atom stereocenters. The zero-order valence-electron chi connectivity index (χ0n) is 7.99.